The van der Waals surface area contributed by atoms with Crippen molar-refractivity contribution in [2.24, 2.45) is 0 Å². The topological polar surface area (TPSA) is 432 Å². The highest BCUT2D eigenvalue weighted by atomic mass is 19.1. The Morgan fingerprint density at radius 2 is 0.260 bits per heavy atom. The number of rotatable bonds is 8. The molecule has 32 nitrogen and oxygen atoms in total. The Balaban J connectivity index is -0.000000533. The van der Waals surface area contributed by atoms with E-state index < -0.39 is 29.6 Å². The molecule has 0 aliphatic rings. The molecular formula is C64H80B4F4N24O8. The quantitative estimate of drug-likeness (QED) is 0.0775. The lowest BCUT2D eigenvalue weighted by atomic mass is 10.3. The zero-order valence-electron chi connectivity index (χ0n) is 60.3. The van der Waals surface area contributed by atoms with E-state index in [0.29, 0.717) is 0 Å². The predicted molar refractivity (Wildman–Crippen MR) is 363 cm³/mol. The zero-order valence-corrected chi connectivity index (χ0v) is 60.3. The van der Waals surface area contributed by atoms with Gasteiger partial charge in [-0.2, -0.15) is 0 Å². The van der Waals surface area contributed by atoms with Gasteiger partial charge in [0.15, 0.2) is 42.1 Å². The summed E-state index contributed by atoms with van der Waals surface area (Å²) in [4.78, 5) is 15.9. The molecule has 0 aliphatic heterocycles. The van der Waals surface area contributed by atoms with Crippen LogP contribution in [0.1, 0.15) is 0 Å². The van der Waals surface area contributed by atoms with Crippen LogP contribution in [0.3, 0.4) is 0 Å². The van der Waals surface area contributed by atoms with Crippen molar-refractivity contribution in [2.75, 3.05) is 152 Å². The molecule has 544 valence electrons. The molecule has 0 unspecified atom stereocenters. The average molecular weight is 1430 g/mol. The van der Waals surface area contributed by atoms with E-state index in [2.05, 4.69) is 0 Å². The third-order valence-corrected chi connectivity index (χ3v) is 11.5. The molecule has 0 aliphatic carbocycles. The monoisotopic (exact) mass is 1430 g/mol. The van der Waals surface area contributed by atoms with E-state index in [1.165, 1.54) is 36.5 Å². The molecule has 0 saturated carbocycles. The zero-order chi connectivity index (χ0) is 80.5. The molecule has 0 radical (unpaired) electrons. The minimum absolute atomic E-state index is 1.09. The van der Waals surface area contributed by atoms with Gasteiger partial charge in [0.25, 0.3) is 0 Å². The molecule has 0 bridgehead atoms. The van der Waals surface area contributed by atoms with Crippen molar-refractivity contribution in [3.05, 3.63) is 196 Å². The maximum atomic E-state index is 9.89. The number of nitriles is 8. The second-order valence-corrected chi connectivity index (χ2v) is 20.8. The van der Waals surface area contributed by atoms with E-state index in [4.69, 9.17) is 82.3 Å². The highest BCUT2D eigenvalue weighted by molar-refractivity contribution is 6.27. The average Bonchev–Trinajstić information content (AvgIpc) is 1.09. The van der Waals surface area contributed by atoms with Crippen molar-refractivity contribution in [1.82, 2.24) is 0 Å². The molecule has 0 fully saturated rings. The normalized spacial score (nSPS) is 8.50. The molecule has 0 spiro atoms. The lowest BCUT2D eigenvalue weighted by Gasteiger charge is -2.09. The standard InChI is InChI=1S/8C8H10N3.4BFO2/c8*1-10(2)8-3-5-11(7-9)6-4-8;4*2-1(3)4/h8*3-6H,1-2H3;;;;/q8*+1;4*-2. The van der Waals surface area contributed by atoms with Crippen LogP contribution in [0.25, 0.3) is 0 Å². The molecule has 0 atom stereocenters. The predicted octanol–water partition coefficient (Wildman–Crippen LogP) is -6.40. The Labute approximate surface area is 606 Å². The molecule has 40 heteroatoms. The van der Waals surface area contributed by atoms with Crippen LogP contribution in [-0.2, 0) is 0 Å². The second kappa shape index (κ2) is 58.0. The summed E-state index contributed by atoms with van der Waals surface area (Å²) < 4.78 is 51.2. The molecule has 0 saturated heterocycles. The van der Waals surface area contributed by atoms with E-state index >= 15 is 0 Å². The fraction of sp³-hybridized carbons (Fsp3) is 0.250. The van der Waals surface area contributed by atoms with Crippen LogP contribution in [0, 0.1) is 91.6 Å². The molecule has 0 aromatic carbocycles. The van der Waals surface area contributed by atoms with Crippen LogP contribution in [0.2, 0.25) is 0 Å². The van der Waals surface area contributed by atoms with Gasteiger partial charge in [-0.15, -0.1) is 36.5 Å². The first-order chi connectivity index (χ1) is 48.8. The maximum Gasteiger partial charge on any atom is 0.463 e. The van der Waals surface area contributed by atoms with Crippen LogP contribution in [0.4, 0.5) is 62.8 Å². The Morgan fingerprint density at radius 1 is 0.202 bits per heavy atom. The first-order valence-electron chi connectivity index (χ1n) is 29.4. The fourth-order valence-corrected chi connectivity index (χ4v) is 6.27. The van der Waals surface area contributed by atoms with Crippen LogP contribution in [0.5, 0.6) is 0 Å². The smallest absolute Gasteiger partial charge is 0.463 e. The van der Waals surface area contributed by atoms with Crippen LogP contribution < -0.4 is 116 Å². The highest BCUT2D eigenvalue weighted by Gasteiger charge is 2.03. The van der Waals surface area contributed by atoms with Gasteiger partial charge in [-0.25, -0.2) is 0 Å². The lowest BCUT2D eigenvalue weighted by Crippen LogP contribution is -2.39. The first-order valence-corrected chi connectivity index (χ1v) is 29.4. The molecule has 8 heterocycles. The number of hydrogen-bond donors (Lipinski definition) is 0. The second-order valence-electron chi connectivity index (χ2n) is 20.8. The van der Waals surface area contributed by atoms with Gasteiger partial charge >= 0.3 is 49.5 Å². The number of anilines is 8. The SMILES string of the molecule is CN(C)c1cc[n+](C#N)cc1.CN(C)c1cc[n+](C#N)cc1.CN(C)c1cc[n+](C#N)cc1.CN(C)c1cc[n+](C#N)cc1.CN(C)c1cc[n+](C#N)cc1.CN(C)c1cc[n+](C#N)cc1.CN(C)c1cc[n+](C#N)cc1.CN(C)c1cc[n+](C#N)cc1.[O-]B([O-])F.[O-]B([O-])F.[O-]B([O-])F.[O-]B([O-])F. The van der Waals surface area contributed by atoms with Gasteiger partial charge in [0.1, 0.15) is 129 Å². The summed E-state index contributed by atoms with van der Waals surface area (Å²) >= 11 is 0. The van der Waals surface area contributed by atoms with Crippen molar-refractivity contribution >= 4 is 75.1 Å². The van der Waals surface area contributed by atoms with Gasteiger partial charge in [-0.3, -0.25) is 0 Å². The number of pyridine rings is 8. The van der Waals surface area contributed by atoms with Gasteiger partial charge < -0.3 is 96.7 Å². The van der Waals surface area contributed by atoms with Crippen molar-refractivity contribution in [3.8, 4) is 49.5 Å². The number of hydrogen-bond acceptors (Lipinski definition) is 24. The van der Waals surface area contributed by atoms with Crippen molar-refractivity contribution in [2.45, 2.75) is 0 Å². The van der Waals surface area contributed by atoms with Gasteiger partial charge in [-0.05, 0) is 0 Å². The van der Waals surface area contributed by atoms with Gasteiger partial charge in [-0.1, -0.05) is 0 Å². The van der Waals surface area contributed by atoms with E-state index in [9.17, 15) is 17.3 Å². The Bertz CT molecular complexity index is 3160. The maximum absolute atomic E-state index is 9.89. The number of aromatic nitrogens is 8. The summed E-state index contributed by atoms with van der Waals surface area (Å²) in [7, 11) is 18.8. The Kier molecular flexibility index (Phi) is 54.4. The summed E-state index contributed by atoms with van der Waals surface area (Å²) in [5, 5.41) is 134. The summed E-state index contributed by atoms with van der Waals surface area (Å²) in [5.41, 5.74) is 8.75. The third kappa shape index (κ3) is 52.3. The van der Waals surface area contributed by atoms with Crippen molar-refractivity contribution in [1.29, 1.82) is 42.1 Å². The molecule has 8 aromatic rings. The molecular weight excluding hydrogens is 1350 g/mol. The van der Waals surface area contributed by atoms with Gasteiger partial charge in [0.2, 0.25) is 0 Å². The van der Waals surface area contributed by atoms with Crippen LogP contribution >= 0.6 is 0 Å². The molecule has 104 heavy (non-hydrogen) atoms. The van der Waals surface area contributed by atoms with Crippen LogP contribution in [-0.4, -0.2) is 142 Å². The summed E-state index contributed by atoms with van der Waals surface area (Å²) in [6.07, 6.45) is 43.6. The molecule has 8 aromatic heterocycles. The summed E-state index contributed by atoms with van der Waals surface area (Å²) in [5.74, 6) is 0. The lowest BCUT2D eigenvalue weighted by molar-refractivity contribution is -0.586. The molecule has 8 rings (SSSR count). The Hall–Kier alpha value is -12.8. The fourth-order valence-electron chi connectivity index (χ4n) is 6.27. The largest absolute Gasteiger partial charge is 0.867 e. The van der Waals surface area contributed by atoms with Gasteiger partial charge in [0, 0.05) is 255 Å². The van der Waals surface area contributed by atoms with E-state index in [-0.39, 0.29) is 0 Å². The van der Waals surface area contributed by atoms with Gasteiger partial charge in [0.05, 0.1) is 0 Å². The number of nitrogens with zero attached hydrogens (tertiary/aromatic N) is 24. The van der Waals surface area contributed by atoms with E-state index in [1.54, 1.807) is 99.1 Å². The Morgan fingerprint density at radius 3 is 0.298 bits per heavy atom. The van der Waals surface area contributed by atoms with Crippen molar-refractivity contribution in [3.63, 3.8) is 0 Å². The molecule has 0 amide bonds. The van der Waals surface area contributed by atoms with E-state index in [1.807, 2.05) is 299 Å². The first kappa shape index (κ1) is 97.6. The third-order valence-electron chi connectivity index (χ3n) is 11.5. The molecule has 0 N–H and O–H groups in total. The van der Waals surface area contributed by atoms with E-state index in [0.717, 1.165) is 45.5 Å². The number of halogens is 4. The summed E-state index contributed by atoms with van der Waals surface area (Å²) in [6, 6.07) is 30.3. The minimum atomic E-state index is -3.17. The highest BCUT2D eigenvalue weighted by Crippen LogP contribution is 2.10. The van der Waals surface area contributed by atoms with Crippen molar-refractivity contribution < 1.29 is 94.0 Å². The van der Waals surface area contributed by atoms with Crippen LogP contribution in [0.15, 0.2) is 196 Å². The minimum Gasteiger partial charge on any atom is -0.867 e. The summed E-state index contributed by atoms with van der Waals surface area (Å²) in [6.45, 7) is 0.